The highest BCUT2D eigenvalue weighted by molar-refractivity contribution is 5.84. The Labute approximate surface area is 152 Å². The number of hydrogen-bond acceptors (Lipinski definition) is 4. The molecule has 1 aromatic carbocycles. The minimum absolute atomic E-state index is 0.0149. The number of hydrogen-bond donors (Lipinski definition) is 1. The Balaban J connectivity index is 1.31. The molecule has 4 rings (SSSR count). The van der Waals surface area contributed by atoms with E-state index in [4.69, 9.17) is 4.74 Å². The number of aryl methyl sites for hydroxylation is 2. The van der Waals surface area contributed by atoms with Crippen LogP contribution in [-0.4, -0.2) is 33.8 Å². The molecule has 3 aromatic rings. The fourth-order valence-corrected chi connectivity index (χ4v) is 3.40. The molecule has 0 radical (unpaired) electrons. The first-order valence-corrected chi connectivity index (χ1v) is 8.98. The second-order valence-electron chi connectivity index (χ2n) is 6.66. The molecule has 3 heterocycles. The topological polar surface area (TPSA) is 69.0 Å². The normalized spacial score (nSPS) is 16.3. The maximum atomic E-state index is 12.4. The first-order chi connectivity index (χ1) is 12.7. The second kappa shape index (κ2) is 7.15. The van der Waals surface area contributed by atoms with Gasteiger partial charge in [-0.3, -0.25) is 9.48 Å². The van der Waals surface area contributed by atoms with Crippen molar-refractivity contribution < 1.29 is 9.53 Å². The molecule has 0 saturated heterocycles. The smallest absolute Gasteiger partial charge is 0.223 e. The van der Waals surface area contributed by atoms with Crippen molar-refractivity contribution in [3.05, 3.63) is 54.0 Å². The SMILES string of the molecule is Cc1ccc2cccc(OCCNC(=O)C3CCn4nccc4C3)c2n1. The highest BCUT2D eigenvalue weighted by Crippen LogP contribution is 2.24. The van der Waals surface area contributed by atoms with Crippen molar-refractivity contribution >= 4 is 16.8 Å². The van der Waals surface area contributed by atoms with Gasteiger partial charge in [-0.05, 0) is 31.5 Å². The number of fused-ring (bicyclic) bond motifs is 2. The van der Waals surface area contributed by atoms with Crippen molar-refractivity contribution in [1.29, 1.82) is 0 Å². The number of nitrogens with zero attached hydrogens (tertiary/aromatic N) is 3. The summed E-state index contributed by atoms with van der Waals surface area (Å²) in [5, 5.41) is 8.29. The summed E-state index contributed by atoms with van der Waals surface area (Å²) in [7, 11) is 0. The Kier molecular flexibility index (Phi) is 4.56. The average Bonchev–Trinajstić information content (AvgIpc) is 3.13. The molecule has 1 aliphatic heterocycles. The molecule has 1 atom stereocenters. The molecule has 26 heavy (non-hydrogen) atoms. The van der Waals surface area contributed by atoms with Gasteiger partial charge in [-0.1, -0.05) is 18.2 Å². The fourth-order valence-electron chi connectivity index (χ4n) is 3.40. The standard InChI is InChI=1S/C20H22N4O2/c1-14-5-6-15-3-2-4-18(19(15)23-14)26-12-10-21-20(25)16-8-11-24-17(13-16)7-9-22-24/h2-7,9,16H,8,10-13H2,1H3,(H,21,25). The van der Waals surface area contributed by atoms with Crippen molar-refractivity contribution in [2.45, 2.75) is 26.3 Å². The van der Waals surface area contributed by atoms with Gasteiger partial charge in [-0.15, -0.1) is 0 Å². The van der Waals surface area contributed by atoms with Crippen LogP contribution in [0, 0.1) is 12.8 Å². The Morgan fingerprint density at radius 1 is 1.31 bits per heavy atom. The van der Waals surface area contributed by atoms with Gasteiger partial charge in [0.2, 0.25) is 5.91 Å². The maximum Gasteiger partial charge on any atom is 0.223 e. The van der Waals surface area contributed by atoms with Crippen LogP contribution in [0.3, 0.4) is 0 Å². The highest BCUT2D eigenvalue weighted by Gasteiger charge is 2.24. The van der Waals surface area contributed by atoms with Gasteiger partial charge in [0, 0.05) is 41.9 Å². The molecule has 1 unspecified atom stereocenters. The van der Waals surface area contributed by atoms with E-state index in [1.54, 1.807) is 6.20 Å². The molecule has 1 aliphatic rings. The van der Waals surface area contributed by atoms with Crippen LogP contribution in [0.15, 0.2) is 42.6 Å². The summed E-state index contributed by atoms with van der Waals surface area (Å²) in [6.07, 6.45) is 3.37. The average molecular weight is 350 g/mol. The third-order valence-corrected chi connectivity index (χ3v) is 4.80. The molecule has 0 bridgehead atoms. The van der Waals surface area contributed by atoms with Crippen molar-refractivity contribution in [1.82, 2.24) is 20.1 Å². The maximum absolute atomic E-state index is 12.4. The lowest BCUT2D eigenvalue weighted by atomic mass is 9.95. The van der Waals surface area contributed by atoms with E-state index in [0.717, 1.165) is 47.4 Å². The third-order valence-electron chi connectivity index (χ3n) is 4.80. The number of nitrogens with one attached hydrogen (secondary N) is 1. The molecular weight excluding hydrogens is 328 g/mol. The lowest BCUT2D eigenvalue weighted by molar-refractivity contribution is -0.125. The molecule has 0 fully saturated rings. The van der Waals surface area contributed by atoms with E-state index in [2.05, 4.69) is 15.4 Å². The molecular formula is C20H22N4O2. The zero-order valence-electron chi connectivity index (χ0n) is 14.8. The van der Waals surface area contributed by atoms with Gasteiger partial charge < -0.3 is 10.1 Å². The molecule has 2 aromatic heterocycles. The number of pyridine rings is 1. The van der Waals surface area contributed by atoms with Crippen molar-refractivity contribution in [3.8, 4) is 5.75 Å². The quantitative estimate of drug-likeness (QED) is 0.718. The number of ether oxygens (including phenoxy) is 1. The Morgan fingerprint density at radius 3 is 3.15 bits per heavy atom. The molecule has 1 N–H and O–H groups in total. The minimum Gasteiger partial charge on any atom is -0.489 e. The van der Waals surface area contributed by atoms with E-state index in [0.29, 0.717) is 13.2 Å². The molecule has 0 saturated carbocycles. The minimum atomic E-state index is 0.0149. The van der Waals surface area contributed by atoms with Gasteiger partial charge in [0.1, 0.15) is 17.9 Å². The van der Waals surface area contributed by atoms with E-state index < -0.39 is 0 Å². The third kappa shape index (κ3) is 3.40. The number of carbonyl (C=O) groups excluding carboxylic acids is 1. The van der Waals surface area contributed by atoms with Gasteiger partial charge >= 0.3 is 0 Å². The summed E-state index contributed by atoms with van der Waals surface area (Å²) in [4.78, 5) is 16.9. The molecule has 134 valence electrons. The molecule has 0 spiro atoms. The summed E-state index contributed by atoms with van der Waals surface area (Å²) < 4.78 is 7.84. The predicted molar refractivity (Wildman–Crippen MR) is 99.0 cm³/mol. The summed E-state index contributed by atoms with van der Waals surface area (Å²) in [5.74, 6) is 0.857. The van der Waals surface area contributed by atoms with Gasteiger partial charge in [0.15, 0.2) is 0 Å². The number of amides is 1. The first kappa shape index (κ1) is 16.6. The Morgan fingerprint density at radius 2 is 2.23 bits per heavy atom. The van der Waals surface area contributed by atoms with Crippen molar-refractivity contribution in [2.75, 3.05) is 13.2 Å². The largest absolute Gasteiger partial charge is 0.489 e. The van der Waals surface area contributed by atoms with Crippen molar-refractivity contribution in [3.63, 3.8) is 0 Å². The number of rotatable bonds is 5. The molecule has 0 aliphatic carbocycles. The monoisotopic (exact) mass is 350 g/mol. The summed E-state index contributed by atoms with van der Waals surface area (Å²) in [5.41, 5.74) is 2.95. The predicted octanol–water partition coefficient (Wildman–Crippen LogP) is 2.50. The Hall–Kier alpha value is -2.89. The van der Waals surface area contributed by atoms with Crippen molar-refractivity contribution in [2.24, 2.45) is 5.92 Å². The van der Waals surface area contributed by atoms with E-state index in [-0.39, 0.29) is 11.8 Å². The highest BCUT2D eigenvalue weighted by atomic mass is 16.5. The van der Waals surface area contributed by atoms with Gasteiger partial charge in [0.05, 0.1) is 6.54 Å². The summed E-state index contributed by atoms with van der Waals surface area (Å²) >= 11 is 0. The van der Waals surface area contributed by atoms with E-state index >= 15 is 0 Å². The molecule has 1 amide bonds. The number of para-hydroxylation sites is 1. The summed E-state index contributed by atoms with van der Waals surface area (Å²) in [6.45, 7) is 3.67. The molecule has 6 heteroatoms. The second-order valence-corrected chi connectivity index (χ2v) is 6.66. The lowest BCUT2D eigenvalue weighted by Crippen LogP contribution is -2.37. The first-order valence-electron chi connectivity index (χ1n) is 8.98. The molecule has 6 nitrogen and oxygen atoms in total. The zero-order chi connectivity index (χ0) is 17.9. The van der Waals surface area contributed by atoms with Crippen LogP contribution in [0.1, 0.15) is 17.8 Å². The van der Waals surface area contributed by atoms with Crippen LogP contribution in [0.25, 0.3) is 10.9 Å². The van der Waals surface area contributed by atoms with E-state index in [9.17, 15) is 4.79 Å². The van der Waals surface area contributed by atoms with E-state index in [1.807, 2.05) is 48.0 Å². The van der Waals surface area contributed by atoms with E-state index in [1.165, 1.54) is 0 Å². The lowest BCUT2D eigenvalue weighted by Gasteiger charge is -2.22. The number of benzene rings is 1. The van der Waals surface area contributed by atoms with Crippen LogP contribution < -0.4 is 10.1 Å². The van der Waals surface area contributed by atoms with Crippen LogP contribution in [-0.2, 0) is 17.8 Å². The zero-order valence-corrected chi connectivity index (χ0v) is 14.8. The van der Waals surface area contributed by atoms with Gasteiger partial charge in [0.25, 0.3) is 0 Å². The Bertz CT molecular complexity index is 934. The van der Waals surface area contributed by atoms with Crippen LogP contribution in [0.4, 0.5) is 0 Å². The number of aromatic nitrogens is 3. The van der Waals surface area contributed by atoms with Gasteiger partial charge in [-0.25, -0.2) is 4.98 Å². The van der Waals surface area contributed by atoms with Gasteiger partial charge in [-0.2, -0.15) is 5.10 Å². The van der Waals surface area contributed by atoms with Crippen LogP contribution in [0.2, 0.25) is 0 Å². The summed E-state index contributed by atoms with van der Waals surface area (Å²) in [6, 6.07) is 11.9. The van der Waals surface area contributed by atoms with Crippen LogP contribution in [0.5, 0.6) is 5.75 Å². The number of carbonyl (C=O) groups is 1. The fraction of sp³-hybridized carbons (Fsp3) is 0.350. The van der Waals surface area contributed by atoms with Crippen LogP contribution >= 0.6 is 0 Å².